The van der Waals surface area contributed by atoms with E-state index in [1.807, 2.05) is 18.2 Å². The van der Waals surface area contributed by atoms with Crippen LogP contribution in [0.2, 0.25) is 0 Å². The van der Waals surface area contributed by atoms with Crippen LogP contribution in [0.15, 0.2) is 54.6 Å². The number of hydrogen-bond donors (Lipinski definition) is 2. The maximum absolute atomic E-state index is 13.2. The first-order valence-corrected chi connectivity index (χ1v) is 12.1. The maximum Gasteiger partial charge on any atom is 0.255 e. The molecule has 0 spiro atoms. The van der Waals surface area contributed by atoms with Crippen molar-refractivity contribution in [2.75, 3.05) is 18.4 Å². The number of anilines is 1. The molecular weight excluding hydrogens is 414 g/mol. The van der Waals surface area contributed by atoms with Gasteiger partial charge in [-0.25, -0.2) is 0 Å². The second-order valence-corrected chi connectivity index (χ2v) is 9.46. The third-order valence-corrected chi connectivity index (χ3v) is 6.85. The minimum absolute atomic E-state index is 0.0796. The van der Waals surface area contributed by atoms with E-state index in [2.05, 4.69) is 17.6 Å². The molecule has 0 bridgehead atoms. The van der Waals surface area contributed by atoms with E-state index in [0.29, 0.717) is 29.9 Å². The average Bonchev–Trinajstić information content (AvgIpc) is 2.85. The fourth-order valence-electron chi connectivity index (χ4n) is 4.80. The first-order chi connectivity index (χ1) is 16.0. The molecule has 0 aromatic heterocycles. The summed E-state index contributed by atoms with van der Waals surface area (Å²) in [5.74, 6) is 0.343. The van der Waals surface area contributed by atoms with Gasteiger partial charge < -0.3 is 15.5 Å². The summed E-state index contributed by atoms with van der Waals surface area (Å²) in [6, 6.07) is 16.3. The summed E-state index contributed by atoms with van der Waals surface area (Å²) in [6.07, 6.45) is 6.05. The molecule has 1 saturated heterocycles. The molecule has 2 aliphatic rings. The molecule has 1 unspecified atom stereocenters. The molecule has 4 rings (SSSR count). The molecule has 2 fully saturated rings. The van der Waals surface area contributed by atoms with Gasteiger partial charge in [0.05, 0.1) is 5.92 Å². The summed E-state index contributed by atoms with van der Waals surface area (Å²) >= 11 is 0. The van der Waals surface area contributed by atoms with Crippen molar-refractivity contribution in [3.63, 3.8) is 0 Å². The van der Waals surface area contributed by atoms with Crippen LogP contribution < -0.4 is 10.6 Å². The molecule has 2 N–H and O–H groups in total. The zero-order valence-electron chi connectivity index (χ0n) is 19.3. The predicted octanol–water partition coefficient (Wildman–Crippen LogP) is 4.49. The Morgan fingerprint density at radius 3 is 2.36 bits per heavy atom. The molecule has 1 aliphatic heterocycles. The van der Waals surface area contributed by atoms with Crippen molar-refractivity contribution >= 4 is 23.4 Å². The van der Waals surface area contributed by atoms with E-state index in [9.17, 15) is 14.4 Å². The Balaban J connectivity index is 1.36. The van der Waals surface area contributed by atoms with E-state index in [1.54, 1.807) is 41.3 Å². The number of likely N-dealkylation sites (tertiary alicyclic amines) is 1. The van der Waals surface area contributed by atoms with Gasteiger partial charge in [-0.2, -0.15) is 0 Å². The first kappa shape index (κ1) is 23.0. The molecule has 1 saturated carbocycles. The van der Waals surface area contributed by atoms with E-state index in [1.165, 1.54) is 0 Å². The number of nitrogens with one attached hydrogen (secondary N) is 2. The number of nitrogens with zero attached hydrogens (tertiary/aromatic N) is 1. The van der Waals surface area contributed by atoms with Gasteiger partial charge in [-0.3, -0.25) is 14.4 Å². The third kappa shape index (κ3) is 6.01. The Labute approximate surface area is 195 Å². The van der Waals surface area contributed by atoms with Crippen molar-refractivity contribution in [2.24, 2.45) is 11.8 Å². The topological polar surface area (TPSA) is 78.5 Å². The summed E-state index contributed by atoms with van der Waals surface area (Å²) in [4.78, 5) is 40.3. The number of amides is 3. The van der Waals surface area contributed by atoms with Crippen LogP contribution in [-0.4, -0.2) is 41.8 Å². The minimum Gasteiger partial charge on any atom is -0.353 e. The molecule has 6 heteroatoms. The molecule has 1 aliphatic carbocycles. The number of piperidine rings is 1. The lowest BCUT2D eigenvalue weighted by molar-refractivity contribution is -0.127. The molecule has 2 aromatic rings. The molecule has 33 heavy (non-hydrogen) atoms. The average molecular weight is 448 g/mol. The Hall–Kier alpha value is -3.15. The molecule has 6 nitrogen and oxygen atoms in total. The summed E-state index contributed by atoms with van der Waals surface area (Å²) in [7, 11) is 0. The Morgan fingerprint density at radius 1 is 0.879 bits per heavy atom. The summed E-state index contributed by atoms with van der Waals surface area (Å²) in [6.45, 7) is 3.35. The van der Waals surface area contributed by atoms with Crippen LogP contribution in [0.1, 0.15) is 66.2 Å². The predicted molar refractivity (Wildman–Crippen MR) is 129 cm³/mol. The number of carbonyl (C=O) groups excluding carboxylic acids is 3. The lowest BCUT2D eigenvalue weighted by Gasteiger charge is -2.34. The van der Waals surface area contributed by atoms with Gasteiger partial charge in [-0.05, 0) is 74.8 Å². The SMILES string of the molecule is CC1CCC(NC(=O)C2CCCN(C(=O)c3cccc(NC(=O)c4ccccc4)c3)C2)CC1. The van der Waals surface area contributed by atoms with E-state index >= 15 is 0 Å². The van der Waals surface area contributed by atoms with Gasteiger partial charge in [-0.1, -0.05) is 31.2 Å². The Kier molecular flexibility index (Phi) is 7.43. The molecule has 1 heterocycles. The van der Waals surface area contributed by atoms with Gasteiger partial charge in [0, 0.05) is 35.9 Å². The highest BCUT2D eigenvalue weighted by Gasteiger charge is 2.30. The first-order valence-electron chi connectivity index (χ1n) is 12.1. The Morgan fingerprint density at radius 2 is 1.61 bits per heavy atom. The van der Waals surface area contributed by atoms with Crippen LogP contribution in [-0.2, 0) is 4.79 Å². The van der Waals surface area contributed by atoms with Gasteiger partial charge in [0.1, 0.15) is 0 Å². The molecule has 0 radical (unpaired) electrons. The maximum atomic E-state index is 13.2. The van der Waals surface area contributed by atoms with Gasteiger partial charge in [0.2, 0.25) is 5.91 Å². The molecular formula is C27H33N3O3. The van der Waals surface area contributed by atoms with E-state index in [4.69, 9.17) is 0 Å². The van der Waals surface area contributed by atoms with E-state index in [0.717, 1.165) is 44.4 Å². The largest absolute Gasteiger partial charge is 0.353 e. The summed E-state index contributed by atoms with van der Waals surface area (Å²) < 4.78 is 0. The number of carbonyl (C=O) groups is 3. The van der Waals surface area contributed by atoms with Crippen molar-refractivity contribution in [3.8, 4) is 0 Å². The normalized spacial score (nSPS) is 22.9. The van der Waals surface area contributed by atoms with Crippen molar-refractivity contribution in [2.45, 2.75) is 51.5 Å². The molecule has 3 amide bonds. The molecule has 2 aromatic carbocycles. The summed E-state index contributed by atoms with van der Waals surface area (Å²) in [5, 5.41) is 6.09. The smallest absolute Gasteiger partial charge is 0.255 e. The number of hydrogen-bond acceptors (Lipinski definition) is 3. The van der Waals surface area contributed by atoms with E-state index < -0.39 is 0 Å². The lowest BCUT2D eigenvalue weighted by Crippen LogP contribution is -2.48. The number of rotatable bonds is 5. The minimum atomic E-state index is -0.216. The summed E-state index contributed by atoms with van der Waals surface area (Å²) in [5.41, 5.74) is 1.65. The van der Waals surface area contributed by atoms with Gasteiger partial charge in [0.25, 0.3) is 11.8 Å². The van der Waals surface area contributed by atoms with Crippen LogP contribution in [0.3, 0.4) is 0 Å². The Bertz CT molecular complexity index is 983. The van der Waals surface area contributed by atoms with Gasteiger partial charge >= 0.3 is 0 Å². The van der Waals surface area contributed by atoms with Crippen molar-refractivity contribution < 1.29 is 14.4 Å². The standard InChI is InChI=1S/C27H33N3O3/c1-19-12-14-23(15-13-19)28-26(32)22-10-6-16-30(18-22)27(33)21-9-5-11-24(17-21)29-25(31)20-7-3-2-4-8-20/h2-5,7-9,11,17,19,22-23H,6,10,12-16,18H2,1H3,(H,28,32)(H,29,31). The second-order valence-electron chi connectivity index (χ2n) is 9.46. The second kappa shape index (κ2) is 10.6. The van der Waals surface area contributed by atoms with Gasteiger partial charge in [0.15, 0.2) is 0 Å². The highest BCUT2D eigenvalue weighted by atomic mass is 16.2. The zero-order chi connectivity index (χ0) is 23.2. The van der Waals surface area contributed by atoms with Gasteiger partial charge in [-0.15, -0.1) is 0 Å². The zero-order valence-corrected chi connectivity index (χ0v) is 19.3. The highest BCUT2D eigenvalue weighted by molar-refractivity contribution is 6.05. The third-order valence-electron chi connectivity index (χ3n) is 6.85. The fraction of sp³-hybridized carbons (Fsp3) is 0.444. The molecule has 174 valence electrons. The van der Waals surface area contributed by atoms with E-state index in [-0.39, 0.29) is 29.7 Å². The van der Waals surface area contributed by atoms with Crippen LogP contribution in [0, 0.1) is 11.8 Å². The van der Waals surface area contributed by atoms with Crippen LogP contribution in [0.5, 0.6) is 0 Å². The number of benzene rings is 2. The van der Waals surface area contributed by atoms with Crippen molar-refractivity contribution in [1.82, 2.24) is 10.2 Å². The monoisotopic (exact) mass is 447 g/mol. The van der Waals surface area contributed by atoms with Crippen LogP contribution in [0.25, 0.3) is 0 Å². The van der Waals surface area contributed by atoms with Crippen molar-refractivity contribution in [1.29, 1.82) is 0 Å². The quantitative estimate of drug-likeness (QED) is 0.709. The highest BCUT2D eigenvalue weighted by Crippen LogP contribution is 2.25. The van der Waals surface area contributed by atoms with Crippen LogP contribution in [0.4, 0.5) is 5.69 Å². The van der Waals surface area contributed by atoms with Crippen LogP contribution >= 0.6 is 0 Å². The lowest BCUT2D eigenvalue weighted by atomic mass is 9.87. The molecule has 1 atom stereocenters. The van der Waals surface area contributed by atoms with Crippen molar-refractivity contribution in [3.05, 3.63) is 65.7 Å². The fourth-order valence-corrected chi connectivity index (χ4v) is 4.80.